The van der Waals surface area contributed by atoms with Crippen LogP contribution in [0.3, 0.4) is 0 Å². The van der Waals surface area contributed by atoms with E-state index in [-0.39, 0.29) is 12.2 Å². The van der Waals surface area contributed by atoms with E-state index in [1.807, 2.05) is 0 Å². The number of aryl methyl sites for hydroxylation is 2. The van der Waals surface area contributed by atoms with E-state index in [4.69, 9.17) is 9.15 Å². The van der Waals surface area contributed by atoms with Crippen molar-refractivity contribution in [2.45, 2.75) is 26.3 Å². The molecule has 0 bridgehead atoms. The van der Waals surface area contributed by atoms with E-state index >= 15 is 0 Å². The third-order valence-corrected chi connectivity index (χ3v) is 5.49. The van der Waals surface area contributed by atoms with Crippen molar-refractivity contribution in [2.24, 2.45) is 0 Å². The first kappa shape index (κ1) is 21.9. The molecule has 0 fully saturated rings. The molecule has 0 spiro atoms. The number of aromatic hydroxyl groups is 1. The van der Waals surface area contributed by atoms with Crippen molar-refractivity contribution < 1.29 is 29.0 Å². The minimum absolute atomic E-state index is 0.0178. The first-order valence-electron chi connectivity index (χ1n) is 10.2. The zero-order valence-electron chi connectivity index (χ0n) is 18.0. The van der Waals surface area contributed by atoms with Crippen LogP contribution < -0.4 is 15.7 Å². The second kappa shape index (κ2) is 8.70. The van der Waals surface area contributed by atoms with Gasteiger partial charge in [-0.15, -0.1) is 0 Å². The van der Waals surface area contributed by atoms with Crippen molar-refractivity contribution in [3.8, 4) is 11.5 Å². The van der Waals surface area contributed by atoms with Crippen molar-refractivity contribution in [1.82, 2.24) is 10.3 Å². The molecule has 0 saturated heterocycles. The molecule has 0 saturated carbocycles. The molecular formula is C24H22N2O7. The molecule has 1 atom stereocenters. The van der Waals surface area contributed by atoms with E-state index in [0.717, 1.165) is 16.5 Å². The van der Waals surface area contributed by atoms with Gasteiger partial charge in [-0.1, -0.05) is 0 Å². The number of hydrogen-bond acceptors (Lipinski definition) is 6. The largest absolute Gasteiger partial charge is 0.508 e. The Morgan fingerprint density at radius 3 is 2.70 bits per heavy atom. The van der Waals surface area contributed by atoms with Crippen molar-refractivity contribution in [2.75, 3.05) is 6.61 Å². The fourth-order valence-electron chi connectivity index (χ4n) is 3.79. The van der Waals surface area contributed by atoms with Crippen LogP contribution in [0.5, 0.6) is 11.5 Å². The van der Waals surface area contributed by atoms with Crippen molar-refractivity contribution in [3.05, 3.63) is 69.7 Å². The maximum absolute atomic E-state index is 12.4. The normalized spacial score (nSPS) is 12.1. The van der Waals surface area contributed by atoms with Crippen LogP contribution in [-0.4, -0.2) is 39.7 Å². The summed E-state index contributed by atoms with van der Waals surface area (Å²) in [5.41, 5.74) is 2.62. The summed E-state index contributed by atoms with van der Waals surface area (Å²) >= 11 is 0. The molecule has 4 N–H and O–H groups in total. The minimum Gasteiger partial charge on any atom is -0.508 e. The fourth-order valence-corrected chi connectivity index (χ4v) is 3.79. The lowest BCUT2D eigenvalue weighted by Gasteiger charge is -2.15. The van der Waals surface area contributed by atoms with Gasteiger partial charge in [-0.2, -0.15) is 0 Å². The number of aromatic nitrogens is 1. The number of ether oxygens (including phenoxy) is 1. The molecule has 1 unspecified atom stereocenters. The van der Waals surface area contributed by atoms with E-state index in [2.05, 4.69) is 10.3 Å². The molecule has 4 rings (SSSR count). The zero-order chi connectivity index (χ0) is 23.7. The summed E-state index contributed by atoms with van der Waals surface area (Å²) in [6.45, 7) is 3.10. The highest BCUT2D eigenvalue weighted by molar-refractivity contribution is 5.88. The van der Waals surface area contributed by atoms with E-state index in [1.165, 1.54) is 18.2 Å². The molecule has 1 amide bonds. The molecule has 9 nitrogen and oxygen atoms in total. The molecule has 2 aromatic carbocycles. The number of benzene rings is 2. The molecular weight excluding hydrogens is 428 g/mol. The summed E-state index contributed by atoms with van der Waals surface area (Å²) in [7, 11) is 0. The molecule has 2 aromatic heterocycles. The third-order valence-electron chi connectivity index (χ3n) is 5.49. The fraction of sp³-hybridized carbons (Fsp3) is 0.208. The second-order valence-corrected chi connectivity index (χ2v) is 7.81. The van der Waals surface area contributed by atoms with Crippen LogP contribution in [0.1, 0.15) is 16.7 Å². The van der Waals surface area contributed by atoms with Crippen LogP contribution in [0.4, 0.5) is 0 Å². The summed E-state index contributed by atoms with van der Waals surface area (Å²) < 4.78 is 10.9. The lowest BCUT2D eigenvalue weighted by Crippen LogP contribution is -2.44. The Morgan fingerprint density at radius 2 is 1.94 bits per heavy atom. The number of fused-ring (bicyclic) bond motifs is 2. The van der Waals surface area contributed by atoms with E-state index < -0.39 is 30.2 Å². The molecule has 0 aliphatic heterocycles. The molecule has 170 valence electrons. The van der Waals surface area contributed by atoms with Crippen LogP contribution in [0, 0.1) is 13.8 Å². The predicted octanol–water partition coefficient (Wildman–Crippen LogP) is 2.79. The van der Waals surface area contributed by atoms with Gasteiger partial charge in [0.15, 0.2) is 6.61 Å². The molecule has 0 aliphatic carbocycles. The number of aliphatic carboxylic acids is 1. The first-order valence-corrected chi connectivity index (χ1v) is 10.2. The number of H-pyrrole nitrogens is 1. The summed E-state index contributed by atoms with van der Waals surface area (Å²) in [5, 5.41) is 23.2. The van der Waals surface area contributed by atoms with Gasteiger partial charge in [0, 0.05) is 40.5 Å². The van der Waals surface area contributed by atoms with Crippen LogP contribution in [0.2, 0.25) is 0 Å². The molecule has 0 aliphatic rings. The predicted molar refractivity (Wildman–Crippen MR) is 121 cm³/mol. The number of hydrogen-bond donors (Lipinski definition) is 4. The number of amides is 1. The van der Waals surface area contributed by atoms with Crippen LogP contribution in [0.15, 0.2) is 51.8 Å². The Hall–Kier alpha value is -4.27. The van der Waals surface area contributed by atoms with Gasteiger partial charge in [0.05, 0.1) is 0 Å². The average molecular weight is 450 g/mol. The van der Waals surface area contributed by atoms with Gasteiger partial charge in [-0.25, -0.2) is 9.59 Å². The number of aromatic amines is 1. The van der Waals surface area contributed by atoms with Crippen LogP contribution >= 0.6 is 0 Å². The van der Waals surface area contributed by atoms with Gasteiger partial charge < -0.3 is 29.7 Å². The SMILES string of the molecule is Cc1cc(=O)oc2c(C)c(OCC(=O)NC(Cc3c[nH]c4ccc(O)cc34)C(=O)O)ccc12. The van der Waals surface area contributed by atoms with Crippen molar-refractivity contribution >= 4 is 33.7 Å². The van der Waals surface area contributed by atoms with Gasteiger partial charge >= 0.3 is 11.6 Å². The number of phenolic OH excluding ortho intramolecular Hbond substituents is 1. The van der Waals surface area contributed by atoms with E-state index in [9.17, 15) is 24.6 Å². The van der Waals surface area contributed by atoms with Crippen LogP contribution in [-0.2, 0) is 16.0 Å². The highest BCUT2D eigenvalue weighted by atomic mass is 16.5. The van der Waals surface area contributed by atoms with E-state index in [1.54, 1.807) is 38.2 Å². The minimum atomic E-state index is -1.20. The third kappa shape index (κ3) is 4.52. The maximum Gasteiger partial charge on any atom is 0.336 e. The van der Waals surface area contributed by atoms with E-state index in [0.29, 0.717) is 27.8 Å². The van der Waals surface area contributed by atoms with Crippen LogP contribution in [0.25, 0.3) is 21.9 Å². The summed E-state index contributed by atoms with van der Waals surface area (Å²) in [5.74, 6) is -1.40. The lowest BCUT2D eigenvalue weighted by atomic mass is 10.0. The number of rotatable bonds is 7. The molecule has 2 heterocycles. The zero-order valence-corrected chi connectivity index (χ0v) is 18.0. The standard InChI is InChI=1S/C24H22N2O7/c1-12-7-22(29)33-23-13(2)20(6-4-16(12)23)32-11-21(28)26-19(24(30)31)8-14-10-25-18-5-3-15(27)9-17(14)18/h3-7,9-10,19,25,27H,8,11H2,1-2H3,(H,26,28)(H,30,31). The Balaban J connectivity index is 1.46. The van der Waals surface area contributed by atoms with Gasteiger partial charge in [0.2, 0.25) is 0 Å². The Kier molecular flexibility index (Phi) is 5.78. The van der Waals surface area contributed by atoms with Crippen molar-refractivity contribution in [1.29, 1.82) is 0 Å². The van der Waals surface area contributed by atoms with Gasteiger partial charge in [0.1, 0.15) is 23.1 Å². The summed E-state index contributed by atoms with van der Waals surface area (Å²) in [6, 6.07) is 8.36. The van der Waals surface area contributed by atoms with Gasteiger partial charge in [-0.3, -0.25) is 4.79 Å². The summed E-state index contributed by atoms with van der Waals surface area (Å²) in [4.78, 5) is 38.9. The number of phenols is 1. The molecule has 33 heavy (non-hydrogen) atoms. The molecule has 4 aromatic rings. The Labute approximate surface area is 187 Å². The Bertz CT molecular complexity index is 1430. The quantitative estimate of drug-likeness (QED) is 0.317. The number of nitrogens with one attached hydrogen (secondary N) is 2. The monoisotopic (exact) mass is 450 g/mol. The number of carbonyl (C=O) groups is 2. The Morgan fingerprint density at radius 1 is 1.15 bits per heavy atom. The number of carboxylic acids is 1. The lowest BCUT2D eigenvalue weighted by molar-refractivity contribution is -0.142. The molecule has 9 heteroatoms. The van der Waals surface area contributed by atoms with Gasteiger partial charge in [-0.05, 0) is 55.3 Å². The van der Waals surface area contributed by atoms with Gasteiger partial charge in [0.25, 0.3) is 5.91 Å². The number of carbonyl (C=O) groups excluding carboxylic acids is 1. The second-order valence-electron chi connectivity index (χ2n) is 7.81. The smallest absolute Gasteiger partial charge is 0.336 e. The highest BCUT2D eigenvalue weighted by Crippen LogP contribution is 2.28. The maximum atomic E-state index is 12.4. The van der Waals surface area contributed by atoms with Crippen molar-refractivity contribution in [3.63, 3.8) is 0 Å². The molecule has 0 radical (unpaired) electrons. The number of carboxylic acid groups (broad SMARTS) is 1. The first-order chi connectivity index (χ1) is 15.7. The highest BCUT2D eigenvalue weighted by Gasteiger charge is 2.22. The average Bonchev–Trinajstić information content (AvgIpc) is 3.15. The summed E-state index contributed by atoms with van der Waals surface area (Å²) in [6.07, 6.45) is 1.67. The topological polar surface area (TPSA) is 142 Å².